The molecule has 2 N–H and O–H groups in total. The minimum Gasteiger partial charge on any atom is -0.477 e. The Hall–Kier alpha value is -3.59. The van der Waals surface area contributed by atoms with Crippen LogP contribution in [0, 0.1) is 0 Å². The van der Waals surface area contributed by atoms with Gasteiger partial charge >= 0.3 is 5.97 Å². The summed E-state index contributed by atoms with van der Waals surface area (Å²) in [6.45, 7) is 1.72. The minimum atomic E-state index is -1.21. The Morgan fingerprint density at radius 3 is 2.72 bits per heavy atom. The lowest BCUT2D eigenvalue weighted by Gasteiger charge is -2.12. The summed E-state index contributed by atoms with van der Waals surface area (Å²) in [5.41, 5.74) is 0.885. The van der Waals surface area contributed by atoms with Crippen molar-refractivity contribution >= 4 is 24.3 Å². The van der Waals surface area contributed by atoms with E-state index in [4.69, 9.17) is 14.0 Å². The molecule has 0 fully saturated rings. The van der Waals surface area contributed by atoms with E-state index in [2.05, 4.69) is 15.5 Å². The highest BCUT2D eigenvalue weighted by molar-refractivity contribution is 5.97. The third-order valence-electron chi connectivity index (χ3n) is 4.24. The molecule has 9 nitrogen and oxygen atoms in total. The Kier molecular flexibility index (Phi) is 5.69. The van der Waals surface area contributed by atoms with Gasteiger partial charge in [-0.3, -0.25) is 9.78 Å². The standard InChI is InChI=1S/C19H15N3O6.ClH/c1-10(21-18(23)11-4-5-13-14(7-11)27-9-26-13)17-15(19(24)25)16(22-28-17)12-3-2-6-20-8-12;/h2-8,10H,9H2,1H3,(H,21,23)(H,24,25);1H/t10-;/m1./s1. The van der Waals surface area contributed by atoms with Gasteiger partial charge in [-0.05, 0) is 37.3 Å². The van der Waals surface area contributed by atoms with Crippen molar-refractivity contribution in [1.82, 2.24) is 15.5 Å². The monoisotopic (exact) mass is 417 g/mol. The number of hydrogen-bond donors (Lipinski definition) is 2. The average molecular weight is 418 g/mol. The summed E-state index contributed by atoms with van der Waals surface area (Å²) in [5.74, 6) is -0.541. The fourth-order valence-electron chi connectivity index (χ4n) is 2.89. The molecule has 1 aliphatic heterocycles. The van der Waals surface area contributed by atoms with Crippen LogP contribution in [0.4, 0.5) is 0 Å². The SMILES string of the molecule is C[C@@H](NC(=O)c1ccc2c(c1)OCO2)c1onc(-c2cccnc2)c1C(=O)O.Cl. The summed E-state index contributed by atoms with van der Waals surface area (Å²) >= 11 is 0. The van der Waals surface area contributed by atoms with Crippen LogP contribution in [-0.4, -0.2) is 33.9 Å². The molecule has 0 aliphatic carbocycles. The molecule has 2 aromatic heterocycles. The summed E-state index contributed by atoms with van der Waals surface area (Å²) < 4.78 is 15.8. The summed E-state index contributed by atoms with van der Waals surface area (Å²) in [5, 5.41) is 16.2. The molecule has 1 atom stereocenters. The number of carboxylic acids is 1. The largest absolute Gasteiger partial charge is 0.477 e. The van der Waals surface area contributed by atoms with Gasteiger partial charge in [0.05, 0.1) is 6.04 Å². The molecule has 0 unspecified atom stereocenters. The zero-order valence-electron chi connectivity index (χ0n) is 15.1. The van der Waals surface area contributed by atoms with Gasteiger partial charge in [-0.2, -0.15) is 0 Å². The van der Waals surface area contributed by atoms with Gasteiger partial charge in [0.25, 0.3) is 5.91 Å². The van der Waals surface area contributed by atoms with Gasteiger partial charge in [-0.15, -0.1) is 12.4 Å². The molecule has 3 heterocycles. The van der Waals surface area contributed by atoms with E-state index in [1.807, 2.05) is 0 Å². The van der Waals surface area contributed by atoms with Crippen molar-refractivity contribution in [2.24, 2.45) is 0 Å². The number of nitrogens with one attached hydrogen (secondary N) is 1. The molecule has 1 aliphatic rings. The van der Waals surface area contributed by atoms with Crippen LogP contribution in [0.3, 0.4) is 0 Å². The predicted molar refractivity (Wildman–Crippen MR) is 102 cm³/mol. The maximum Gasteiger partial charge on any atom is 0.341 e. The number of nitrogens with zero attached hydrogens (tertiary/aromatic N) is 2. The summed E-state index contributed by atoms with van der Waals surface area (Å²) in [6.07, 6.45) is 3.06. The Morgan fingerprint density at radius 1 is 1.21 bits per heavy atom. The third kappa shape index (κ3) is 3.85. The van der Waals surface area contributed by atoms with Crippen molar-refractivity contribution in [3.05, 3.63) is 59.6 Å². The van der Waals surface area contributed by atoms with Crippen LogP contribution >= 0.6 is 12.4 Å². The zero-order valence-corrected chi connectivity index (χ0v) is 15.9. The van der Waals surface area contributed by atoms with Crippen molar-refractivity contribution in [2.45, 2.75) is 13.0 Å². The number of carbonyl (C=O) groups is 2. The van der Waals surface area contributed by atoms with Crippen LogP contribution in [0.1, 0.15) is 39.4 Å². The highest BCUT2D eigenvalue weighted by atomic mass is 35.5. The van der Waals surface area contributed by atoms with Crippen LogP contribution in [0.5, 0.6) is 11.5 Å². The van der Waals surface area contributed by atoms with E-state index in [0.717, 1.165) is 0 Å². The lowest BCUT2D eigenvalue weighted by Crippen LogP contribution is -2.27. The van der Waals surface area contributed by atoms with Crippen molar-refractivity contribution in [3.8, 4) is 22.8 Å². The molecule has 0 saturated heterocycles. The Labute approximate surface area is 171 Å². The summed E-state index contributed by atoms with van der Waals surface area (Å²) in [4.78, 5) is 28.3. The number of hydrogen-bond acceptors (Lipinski definition) is 7. The van der Waals surface area contributed by atoms with Gasteiger partial charge < -0.3 is 24.4 Å². The quantitative estimate of drug-likeness (QED) is 0.649. The first-order chi connectivity index (χ1) is 13.5. The smallest absolute Gasteiger partial charge is 0.341 e. The lowest BCUT2D eigenvalue weighted by molar-refractivity contribution is 0.0692. The molecule has 0 bridgehead atoms. The van der Waals surface area contributed by atoms with E-state index in [9.17, 15) is 14.7 Å². The number of rotatable bonds is 5. The molecule has 1 aromatic carbocycles. The van der Waals surface area contributed by atoms with Crippen LogP contribution < -0.4 is 14.8 Å². The number of carbonyl (C=O) groups excluding carboxylic acids is 1. The first kappa shape index (κ1) is 20.2. The van der Waals surface area contributed by atoms with E-state index in [0.29, 0.717) is 22.6 Å². The Morgan fingerprint density at radius 2 is 2.00 bits per heavy atom. The highest BCUT2D eigenvalue weighted by Crippen LogP contribution is 2.33. The molecule has 10 heteroatoms. The molecule has 29 heavy (non-hydrogen) atoms. The van der Waals surface area contributed by atoms with Gasteiger partial charge in [-0.25, -0.2) is 4.79 Å². The fourth-order valence-corrected chi connectivity index (χ4v) is 2.89. The number of amides is 1. The molecule has 150 valence electrons. The second-order valence-electron chi connectivity index (χ2n) is 6.08. The second kappa shape index (κ2) is 8.19. The van der Waals surface area contributed by atoms with Gasteiger partial charge in [0.15, 0.2) is 17.3 Å². The lowest BCUT2D eigenvalue weighted by atomic mass is 10.0. The van der Waals surface area contributed by atoms with Crippen LogP contribution in [-0.2, 0) is 0 Å². The minimum absolute atomic E-state index is 0. The van der Waals surface area contributed by atoms with Crippen molar-refractivity contribution < 1.29 is 28.7 Å². The Bertz CT molecular complexity index is 1050. The van der Waals surface area contributed by atoms with Crippen LogP contribution in [0.2, 0.25) is 0 Å². The number of aromatic nitrogens is 2. The number of carboxylic acid groups (broad SMARTS) is 1. The maximum atomic E-state index is 12.6. The number of halogens is 1. The summed E-state index contributed by atoms with van der Waals surface area (Å²) in [6, 6.07) is 7.40. The molecule has 4 rings (SSSR count). The number of benzene rings is 1. The molecule has 0 spiro atoms. The number of pyridine rings is 1. The maximum absolute atomic E-state index is 12.6. The third-order valence-corrected chi connectivity index (χ3v) is 4.24. The van der Waals surface area contributed by atoms with Gasteiger partial charge in [0.2, 0.25) is 6.79 Å². The van der Waals surface area contributed by atoms with Gasteiger partial charge in [0.1, 0.15) is 11.3 Å². The number of aromatic carboxylic acids is 1. The normalized spacial score (nSPS) is 12.7. The summed E-state index contributed by atoms with van der Waals surface area (Å²) in [7, 11) is 0. The van der Waals surface area contributed by atoms with Crippen molar-refractivity contribution in [2.75, 3.05) is 6.79 Å². The topological polar surface area (TPSA) is 124 Å². The average Bonchev–Trinajstić information content (AvgIpc) is 3.35. The van der Waals surface area contributed by atoms with E-state index >= 15 is 0 Å². The number of ether oxygens (including phenoxy) is 2. The van der Waals surface area contributed by atoms with Gasteiger partial charge in [-0.1, -0.05) is 5.16 Å². The molecular formula is C19H16ClN3O6. The number of fused-ring (bicyclic) bond motifs is 1. The van der Waals surface area contributed by atoms with E-state index < -0.39 is 17.9 Å². The molecular weight excluding hydrogens is 402 g/mol. The highest BCUT2D eigenvalue weighted by Gasteiger charge is 2.28. The van der Waals surface area contributed by atoms with Crippen molar-refractivity contribution in [1.29, 1.82) is 0 Å². The molecule has 0 saturated carbocycles. The fraction of sp³-hybridized carbons (Fsp3) is 0.158. The van der Waals surface area contributed by atoms with Crippen LogP contribution in [0.15, 0.2) is 47.2 Å². The van der Waals surface area contributed by atoms with E-state index in [1.54, 1.807) is 43.5 Å². The van der Waals surface area contributed by atoms with Gasteiger partial charge in [0, 0.05) is 23.5 Å². The van der Waals surface area contributed by atoms with E-state index in [1.165, 1.54) is 6.20 Å². The zero-order chi connectivity index (χ0) is 19.7. The predicted octanol–water partition coefficient (Wildman–Crippen LogP) is 3.08. The molecule has 3 aromatic rings. The second-order valence-corrected chi connectivity index (χ2v) is 6.08. The van der Waals surface area contributed by atoms with E-state index in [-0.39, 0.29) is 36.2 Å². The van der Waals surface area contributed by atoms with Crippen molar-refractivity contribution in [3.63, 3.8) is 0 Å². The Balaban J connectivity index is 0.00000240. The first-order valence-electron chi connectivity index (χ1n) is 8.38. The van der Waals surface area contributed by atoms with Crippen LogP contribution in [0.25, 0.3) is 11.3 Å². The molecule has 1 amide bonds. The first-order valence-corrected chi connectivity index (χ1v) is 8.38. The molecule has 0 radical (unpaired) electrons.